The van der Waals surface area contributed by atoms with E-state index in [1.807, 2.05) is 19.1 Å². The summed E-state index contributed by atoms with van der Waals surface area (Å²) in [5.74, 6) is 1.38. The van der Waals surface area contributed by atoms with Crippen LogP contribution in [0.5, 0.6) is 11.5 Å². The summed E-state index contributed by atoms with van der Waals surface area (Å²) < 4.78 is 11.2. The lowest BCUT2D eigenvalue weighted by Gasteiger charge is -2.21. The fourth-order valence-electron chi connectivity index (χ4n) is 2.58. The van der Waals surface area contributed by atoms with Crippen molar-refractivity contribution in [2.24, 2.45) is 0 Å². The number of aromatic nitrogens is 1. The van der Waals surface area contributed by atoms with E-state index >= 15 is 0 Å². The molecule has 0 fully saturated rings. The van der Waals surface area contributed by atoms with Crippen molar-refractivity contribution in [2.45, 2.75) is 33.4 Å². The first kappa shape index (κ1) is 15.6. The fraction of sp³-hybridized carbons (Fsp3) is 0.438. The Morgan fingerprint density at radius 1 is 1.32 bits per heavy atom. The largest absolute Gasteiger partial charge is 0.486 e. The van der Waals surface area contributed by atoms with Crippen LogP contribution in [0.25, 0.3) is 0 Å². The van der Waals surface area contributed by atoms with Crippen LogP contribution in [0.3, 0.4) is 0 Å². The number of fused-ring (bicyclic) bond motifs is 1. The maximum Gasteiger partial charge on any atom is 0.179 e. The maximum absolute atomic E-state index is 6.27. The standard InChI is InChI=1S/C16H19ClN2O2S/c1-9(16-10(2)19-11(3)22-16)18-8-12-6-13(17)15-14(7-12)20-4-5-21-15/h6-7,9,18H,4-5,8H2,1-3H3. The summed E-state index contributed by atoms with van der Waals surface area (Å²) in [4.78, 5) is 5.76. The molecular formula is C16H19ClN2O2S. The second-order valence-electron chi connectivity index (χ2n) is 5.39. The molecule has 0 bridgehead atoms. The molecule has 6 heteroatoms. The van der Waals surface area contributed by atoms with Crippen LogP contribution in [-0.4, -0.2) is 18.2 Å². The fourth-order valence-corrected chi connectivity index (χ4v) is 3.82. The number of rotatable bonds is 4. The van der Waals surface area contributed by atoms with E-state index < -0.39 is 0 Å². The average molecular weight is 339 g/mol. The molecule has 0 spiro atoms. The van der Waals surface area contributed by atoms with Gasteiger partial charge in [-0.1, -0.05) is 11.6 Å². The molecule has 0 saturated carbocycles. The first-order chi connectivity index (χ1) is 10.5. The third kappa shape index (κ3) is 3.21. The molecule has 118 valence electrons. The van der Waals surface area contributed by atoms with Crippen LogP contribution in [0.15, 0.2) is 12.1 Å². The lowest BCUT2D eigenvalue weighted by atomic mass is 10.1. The van der Waals surface area contributed by atoms with Crippen molar-refractivity contribution in [1.29, 1.82) is 0 Å². The SMILES string of the molecule is Cc1nc(C)c(C(C)NCc2cc(Cl)c3c(c2)OCCO3)s1. The van der Waals surface area contributed by atoms with E-state index in [2.05, 4.69) is 24.1 Å². The zero-order chi connectivity index (χ0) is 15.7. The number of thiazole rings is 1. The molecule has 1 atom stereocenters. The zero-order valence-electron chi connectivity index (χ0n) is 12.9. The Labute approximate surface area is 139 Å². The predicted octanol–water partition coefficient (Wildman–Crippen LogP) is 4.04. The van der Waals surface area contributed by atoms with Crippen molar-refractivity contribution in [3.05, 3.63) is 38.3 Å². The van der Waals surface area contributed by atoms with Gasteiger partial charge >= 0.3 is 0 Å². The van der Waals surface area contributed by atoms with E-state index in [0.717, 1.165) is 22.0 Å². The molecule has 2 aromatic rings. The van der Waals surface area contributed by atoms with Gasteiger partial charge in [-0.3, -0.25) is 0 Å². The number of aryl methyl sites for hydroxylation is 2. The lowest BCUT2D eigenvalue weighted by molar-refractivity contribution is 0.171. The van der Waals surface area contributed by atoms with Gasteiger partial charge in [-0.15, -0.1) is 11.3 Å². The second kappa shape index (κ2) is 6.44. The van der Waals surface area contributed by atoms with Crippen LogP contribution in [-0.2, 0) is 6.54 Å². The summed E-state index contributed by atoms with van der Waals surface area (Å²) in [5, 5.41) is 5.22. The second-order valence-corrected chi connectivity index (χ2v) is 7.03. The van der Waals surface area contributed by atoms with Gasteiger partial charge in [0.05, 0.1) is 15.7 Å². The molecule has 1 aromatic carbocycles. The molecule has 0 saturated heterocycles. The van der Waals surface area contributed by atoms with Gasteiger partial charge in [-0.2, -0.15) is 0 Å². The minimum Gasteiger partial charge on any atom is -0.486 e. The quantitative estimate of drug-likeness (QED) is 0.913. The molecule has 2 heterocycles. The Balaban J connectivity index is 1.71. The number of benzene rings is 1. The van der Waals surface area contributed by atoms with Crippen LogP contribution in [0.2, 0.25) is 5.02 Å². The van der Waals surface area contributed by atoms with E-state index in [1.165, 1.54) is 4.88 Å². The number of nitrogens with one attached hydrogen (secondary N) is 1. The van der Waals surface area contributed by atoms with Crippen molar-refractivity contribution in [1.82, 2.24) is 10.3 Å². The molecule has 1 aliphatic heterocycles. The summed E-state index contributed by atoms with van der Waals surface area (Å²) in [7, 11) is 0. The van der Waals surface area contributed by atoms with E-state index in [9.17, 15) is 0 Å². The maximum atomic E-state index is 6.27. The minimum absolute atomic E-state index is 0.248. The van der Waals surface area contributed by atoms with Gasteiger partial charge in [0.25, 0.3) is 0 Å². The number of hydrogen-bond acceptors (Lipinski definition) is 5. The normalized spacial score (nSPS) is 14.9. The van der Waals surface area contributed by atoms with Gasteiger partial charge < -0.3 is 14.8 Å². The topological polar surface area (TPSA) is 43.4 Å². The lowest BCUT2D eigenvalue weighted by Crippen LogP contribution is -2.19. The van der Waals surface area contributed by atoms with E-state index in [4.69, 9.17) is 21.1 Å². The molecule has 0 amide bonds. The molecule has 22 heavy (non-hydrogen) atoms. The molecule has 1 aromatic heterocycles. The number of hydrogen-bond donors (Lipinski definition) is 1. The van der Waals surface area contributed by atoms with Crippen LogP contribution >= 0.6 is 22.9 Å². The van der Waals surface area contributed by atoms with Gasteiger partial charge in [0, 0.05) is 17.5 Å². The highest BCUT2D eigenvalue weighted by Crippen LogP contribution is 2.38. The minimum atomic E-state index is 0.248. The van der Waals surface area contributed by atoms with Crippen LogP contribution in [0.4, 0.5) is 0 Å². The van der Waals surface area contributed by atoms with Crippen molar-refractivity contribution in [3.63, 3.8) is 0 Å². The Morgan fingerprint density at radius 3 is 2.82 bits per heavy atom. The van der Waals surface area contributed by atoms with E-state index in [0.29, 0.717) is 30.5 Å². The van der Waals surface area contributed by atoms with Crippen molar-refractivity contribution in [3.8, 4) is 11.5 Å². The van der Waals surface area contributed by atoms with E-state index in [-0.39, 0.29) is 6.04 Å². The van der Waals surface area contributed by atoms with Gasteiger partial charge in [-0.25, -0.2) is 4.98 Å². The Kier molecular flexibility index (Phi) is 4.57. The van der Waals surface area contributed by atoms with Gasteiger partial charge in [0.15, 0.2) is 11.5 Å². The molecular weight excluding hydrogens is 320 g/mol. The summed E-state index contributed by atoms with van der Waals surface area (Å²) in [6.07, 6.45) is 0. The Bertz CT molecular complexity index is 687. The van der Waals surface area contributed by atoms with Crippen LogP contribution in [0.1, 0.15) is 34.1 Å². The van der Waals surface area contributed by atoms with Gasteiger partial charge in [0.1, 0.15) is 13.2 Å². The first-order valence-electron chi connectivity index (χ1n) is 7.30. The van der Waals surface area contributed by atoms with Crippen molar-refractivity contribution >= 4 is 22.9 Å². The molecule has 0 aliphatic carbocycles. The Morgan fingerprint density at radius 2 is 2.09 bits per heavy atom. The third-order valence-electron chi connectivity index (χ3n) is 3.60. The molecule has 1 N–H and O–H groups in total. The Hall–Kier alpha value is -1.30. The highest BCUT2D eigenvalue weighted by Gasteiger charge is 2.17. The summed E-state index contributed by atoms with van der Waals surface area (Å²) >= 11 is 8.01. The highest BCUT2D eigenvalue weighted by molar-refractivity contribution is 7.11. The van der Waals surface area contributed by atoms with Crippen LogP contribution < -0.4 is 14.8 Å². The molecule has 0 radical (unpaired) electrons. The zero-order valence-corrected chi connectivity index (χ0v) is 14.5. The third-order valence-corrected chi connectivity index (χ3v) is 5.14. The summed E-state index contributed by atoms with van der Waals surface area (Å²) in [6.45, 7) is 8.07. The van der Waals surface area contributed by atoms with Gasteiger partial charge in [0.2, 0.25) is 0 Å². The predicted molar refractivity (Wildman–Crippen MR) is 89.3 cm³/mol. The summed E-state index contributed by atoms with van der Waals surface area (Å²) in [5.41, 5.74) is 2.18. The summed E-state index contributed by atoms with van der Waals surface area (Å²) in [6, 6.07) is 4.17. The molecule has 4 nitrogen and oxygen atoms in total. The molecule has 3 rings (SSSR count). The molecule has 1 aliphatic rings. The van der Waals surface area contributed by atoms with Crippen molar-refractivity contribution < 1.29 is 9.47 Å². The first-order valence-corrected chi connectivity index (χ1v) is 8.49. The number of ether oxygens (including phenoxy) is 2. The average Bonchev–Trinajstić information content (AvgIpc) is 2.84. The van der Waals surface area contributed by atoms with Crippen LogP contribution in [0, 0.1) is 13.8 Å². The number of halogens is 1. The smallest absolute Gasteiger partial charge is 0.179 e. The number of nitrogens with zero attached hydrogens (tertiary/aromatic N) is 1. The van der Waals surface area contributed by atoms with Crippen molar-refractivity contribution in [2.75, 3.05) is 13.2 Å². The van der Waals surface area contributed by atoms with Gasteiger partial charge in [-0.05, 0) is 38.5 Å². The monoisotopic (exact) mass is 338 g/mol. The highest BCUT2D eigenvalue weighted by atomic mass is 35.5. The van der Waals surface area contributed by atoms with E-state index in [1.54, 1.807) is 11.3 Å². The molecule has 1 unspecified atom stereocenters.